The maximum Gasteiger partial charge on any atom is 0.101 e. The molecule has 0 radical (unpaired) electrons. The minimum Gasteiger partial charge on any atom is -0.387 e. The van der Waals surface area contributed by atoms with Crippen molar-refractivity contribution < 1.29 is 5.11 Å². The topological polar surface area (TPSA) is 65.1 Å². The van der Waals surface area contributed by atoms with Crippen molar-refractivity contribution in [3.05, 3.63) is 53.6 Å². The first kappa shape index (κ1) is 17.5. The largest absolute Gasteiger partial charge is 0.387 e. The average molecular weight is 357 g/mol. The number of nitriles is 1. The van der Waals surface area contributed by atoms with Gasteiger partial charge in [-0.2, -0.15) is 5.26 Å². The summed E-state index contributed by atoms with van der Waals surface area (Å²) in [4.78, 5) is 6.21. The number of aliphatic hydroxyl groups is 1. The van der Waals surface area contributed by atoms with Gasteiger partial charge < -0.3 is 14.6 Å². The summed E-state index contributed by atoms with van der Waals surface area (Å²) >= 11 is 6.20. The number of nitrogens with zero attached hydrogens (tertiary/aromatic N) is 4. The number of aromatic nitrogens is 2. The van der Waals surface area contributed by atoms with Crippen LogP contribution >= 0.6 is 11.6 Å². The van der Waals surface area contributed by atoms with Crippen LogP contribution in [0.25, 0.3) is 5.70 Å². The van der Waals surface area contributed by atoms with Crippen LogP contribution in [0.5, 0.6) is 0 Å². The van der Waals surface area contributed by atoms with E-state index in [1.807, 2.05) is 29.9 Å². The Morgan fingerprint density at radius 1 is 1.44 bits per heavy atom. The Balaban J connectivity index is 2.00. The van der Waals surface area contributed by atoms with Crippen molar-refractivity contribution in [1.82, 2.24) is 9.55 Å². The van der Waals surface area contributed by atoms with E-state index in [1.54, 1.807) is 18.6 Å². The summed E-state index contributed by atoms with van der Waals surface area (Å²) < 4.78 is 1.85. The van der Waals surface area contributed by atoms with Crippen LogP contribution in [0.4, 0.5) is 5.69 Å². The van der Waals surface area contributed by atoms with E-state index in [1.165, 1.54) is 0 Å². The van der Waals surface area contributed by atoms with Gasteiger partial charge in [0.15, 0.2) is 0 Å². The number of anilines is 1. The third kappa shape index (κ3) is 3.28. The molecular weight excluding hydrogens is 336 g/mol. The Morgan fingerprint density at radius 3 is 2.80 bits per heavy atom. The second-order valence-electron chi connectivity index (χ2n) is 7.10. The van der Waals surface area contributed by atoms with Gasteiger partial charge in [-0.1, -0.05) is 25.4 Å². The highest BCUT2D eigenvalue weighted by molar-refractivity contribution is 6.32. The summed E-state index contributed by atoms with van der Waals surface area (Å²) in [5, 5.41) is 20.1. The molecule has 0 fully saturated rings. The Bertz CT molecular complexity index is 836. The fourth-order valence-corrected chi connectivity index (χ4v) is 3.72. The van der Waals surface area contributed by atoms with E-state index in [9.17, 15) is 5.11 Å². The van der Waals surface area contributed by atoms with E-state index >= 15 is 0 Å². The minimum absolute atomic E-state index is 0.0531. The quantitative estimate of drug-likeness (QED) is 0.913. The second-order valence-corrected chi connectivity index (χ2v) is 7.51. The van der Waals surface area contributed by atoms with E-state index < -0.39 is 6.10 Å². The molecule has 0 amide bonds. The van der Waals surface area contributed by atoms with Gasteiger partial charge in [0.25, 0.3) is 0 Å². The van der Waals surface area contributed by atoms with Crippen molar-refractivity contribution in [2.45, 2.75) is 32.4 Å². The van der Waals surface area contributed by atoms with Crippen LogP contribution < -0.4 is 4.90 Å². The second kappa shape index (κ2) is 6.55. The predicted octanol–water partition coefficient (Wildman–Crippen LogP) is 3.54. The first-order valence-electron chi connectivity index (χ1n) is 8.14. The first-order chi connectivity index (χ1) is 11.8. The van der Waals surface area contributed by atoms with Crippen LogP contribution in [0, 0.1) is 16.7 Å². The van der Waals surface area contributed by atoms with Gasteiger partial charge in [-0.15, -0.1) is 0 Å². The van der Waals surface area contributed by atoms with Gasteiger partial charge in [0.05, 0.1) is 34.8 Å². The summed E-state index contributed by atoms with van der Waals surface area (Å²) in [6.07, 6.45) is 7.41. The van der Waals surface area contributed by atoms with Crippen LogP contribution in [-0.2, 0) is 0 Å². The molecule has 1 aliphatic rings. The molecule has 0 spiro atoms. The molecule has 1 N–H and O–H groups in total. The highest BCUT2D eigenvalue weighted by atomic mass is 35.5. The number of rotatable bonds is 3. The fraction of sp³-hybridized carbons (Fsp3) is 0.368. The lowest BCUT2D eigenvalue weighted by molar-refractivity contribution is 0.134. The number of aliphatic hydroxyl groups excluding tert-OH is 1. The molecule has 1 aromatic heterocycles. The normalized spacial score (nSPS) is 22.2. The Hall–Kier alpha value is -2.29. The molecule has 25 heavy (non-hydrogen) atoms. The minimum atomic E-state index is -0.543. The van der Waals surface area contributed by atoms with Crippen molar-refractivity contribution in [1.29, 1.82) is 5.26 Å². The molecular formula is C19H21ClN4O. The molecule has 3 rings (SSSR count). The summed E-state index contributed by atoms with van der Waals surface area (Å²) in [7, 11) is 2.00. The number of hydrogen-bond acceptors (Lipinski definition) is 4. The van der Waals surface area contributed by atoms with Crippen LogP contribution in [0.2, 0.25) is 5.02 Å². The summed E-state index contributed by atoms with van der Waals surface area (Å²) in [6.45, 7) is 4.29. The summed E-state index contributed by atoms with van der Waals surface area (Å²) in [6, 6.07) is 7.58. The van der Waals surface area contributed by atoms with Crippen molar-refractivity contribution in [3.8, 4) is 6.07 Å². The SMILES string of the molecule is CN(c1ccc(C#N)c(Cl)c1)[C@H]1C=C(n2ccnc2)[C@H](O)CC1(C)C. The van der Waals surface area contributed by atoms with Crippen LogP contribution in [0.15, 0.2) is 43.0 Å². The number of hydrogen-bond donors (Lipinski definition) is 1. The molecule has 5 nitrogen and oxygen atoms in total. The van der Waals surface area contributed by atoms with Crippen LogP contribution in [0.3, 0.4) is 0 Å². The third-order valence-corrected chi connectivity index (χ3v) is 5.20. The van der Waals surface area contributed by atoms with E-state index in [0.717, 1.165) is 11.4 Å². The van der Waals surface area contributed by atoms with Crippen molar-refractivity contribution in [2.24, 2.45) is 5.41 Å². The van der Waals surface area contributed by atoms with Crippen molar-refractivity contribution >= 4 is 23.0 Å². The molecule has 1 aromatic carbocycles. The number of halogens is 1. The molecule has 1 aliphatic carbocycles. The van der Waals surface area contributed by atoms with Gasteiger partial charge in [-0.3, -0.25) is 0 Å². The van der Waals surface area contributed by atoms with Gasteiger partial charge in [0.1, 0.15) is 6.07 Å². The highest BCUT2D eigenvalue weighted by Gasteiger charge is 2.39. The van der Waals surface area contributed by atoms with E-state index in [4.69, 9.17) is 16.9 Å². The lowest BCUT2D eigenvalue weighted by Crippen LogP contribution is -2.47. The Kier molecular flexibility index (Phi) is 4.59. The molecule has 0 saturated carbocycles. The molecule has 0 saturated heterocycles. The van der Waals surface area contributed by atoms with Crippen LogP contribution in [0.1, 0.15) is 25.8 Å². The molecule has 2 atom stereocenters. The summed E-state index contributed by atoms with van der Waals surface area (Å²) in [5.41, 5.74) is 2.08. The lowest BCUT2D eigenvalue weighted by atomic mass is 9.73. The molecule has 2 aromatic rings. The number of imidazole rings is 1. The average Bonchev–Trinajstić information content (AvgIpc) is 3.07. The number of likely N-dealkylation sites (N-methyl/N-ethyl adjacent to an activating group) is 1. The van der Waals surface area contributed by atoms with Crippen molar-refractivity contribution in [3.63, 3.8) is 0 Å². The van der Waals surface area contributed by atoms with Gasteiger partial charge in [0, 0.05) is 25.1 Å². The van der Waals surface area contributed by atoms with Crippen molar-refractivity contribution in [2.75, 3.05) is 11.9 Å². The maximum atomic E-state index is 10.6. The molecule has 0 bridgehead atoms. The highest BCUT2D eigenvalue weighted by Crippen LogP contribution is 2.40. The predicted molar refractivity (Wildman–Crippen MR) is 99.3 cm³/mol. The van der Waals surface area contributed by atoms with E-state index in [-0.39, 0.29) is 11.5 Å². The molecule has 130 valence electrons. The van der Waals surface area contributed by atoms with Gasteiger partial charge >= 0.3 is 0 Å². The van der Waals surface area contributed by atoms with Gasteiger partial charge in [0.2, 0.25) is 0 Å². The van der Waals surface area contributed by atoms with Crippen LogP contribution in [-0.4, -0.2) is 33.9 Å². The number of benzene rings is 1. The zero-order valence-corrected chi connectivity index (χ0v) is 15.3. The van der Waals surface area contributed by atoms with E-state index in [2.05, 4.69) is 35.9 Å². The standard InChI is InChI=1S/C19H21ClN4O/c1-19(2)10-17(25)16(24-7-6-22-12-24)9-18(19)23(3)14-5-4-13(11-21)15(20)8-14/h4-9,12,17-18,25H,10H2,1-3H3/t17-,18+/m1/s1. The van der Waals surface area contributed by atoms with Gasteiger partial charge in [-0.05, 0) is 36.1 Å². The summed E-state index contributed by atoms with van der Waals surface area (Å²) in [5.74, 6) is 0. The molecule has 1 heterocycles. The fourth-order valence-electron chi connectivity index (χ4n) is 3.50. The molecule has 0 unspecified atom stereocenters. The third-order valence-electron chi connectivity index (χ3n) is 4.89. The smallest absolute Gasteiger partial charge is 0.101 e. The first-order valence-corrected chi connectivity index (χ1v) is 8.52. The Labute approximate surface area is 152 Å². The monoisotopic (exact) mass is 356 g/mol. The zero-order valence-electron chi connectivity index (χ0n) is 14.5. The lowest BCUT2D eigenvalue weighted by Gasteiger charge is -2.45. The van der Waals surface area contributed by atoms with E-state index in [0.29, 0.717) is 17.0 Å². The maximum absolute atomic E-state index is 10.6. The molecule has 0 aliphatic heterocycles. The zero-order chi connectivity index (χ0) is 18.2. The molecule has 6 heteroatoms. The Morgan fingerprint density at radius 2 is 2.20 bits per heavy atom. The van der Waals surface area contributed by atoms with Gasteiger partial charge in [-0.25, -0.2) is 4.98 Å².